The fourth-order valence-corrected chi connectivity index (χ4v) is 4.52. The van der Waals surface area contributed by atoms with E-state index in [1.165, 1.54) is 19.2 Å². The second kappa shape index (κ2) is 6.37. The van der Waals surface area contributed by atoms with E-state index in [1.54, 1.807) is 16.8 Å². The average Bonchev–Trinajstić information content (AvgIpc) is 3.08. The van der Waals surface area contributed by atoms with Gasteiger partial charge in [-0.1, -0.05) is 6.07 Å². The van der Waals surface area contributed by atoms with E-state index in [0.29, 0.717) is 0 Å². The van der Waals surface area contributed by atoms with Crippen LogP contribution in [0.4, 0.5) is 5.69 Å². The molecule has 0 unspecified atom stereocenters. The minimum absolute atomic E-state index is 0.135. The van der Waals surface area contributed by atoms with Gasteiger partial charge >= 0.3 is 5.97 Å². The number of thiophene rings is 2. The Balaban J connectivity index is 2.10. The van der Waals surface area contributed by atoms with Crippen molar-refractivity contribution < 1.29 is 22.7 Å². The Morgan fingerprint density at radius 1 is 1.24 bits per heavy atom. The zero-order chi connectivity index (χ0) is 15.5. The van der Waals surface area contributed by atoms with E-state index in [1.807, 2.05) is 0 Å². The molecule has 0 aliphatic rings. The molecule has 0 fully saturated rings. The van der Waals surface area contributed by atoms with Crippen LogP contribution >= 0.6 is 22.7 Å². The predicted octanol–water partition coefficient (Wildman–Crippen LogP) is 2.01. The number of hydrogen-bond donors (Lipinski definition) is 1. The average molecular weight is 345 g/mol. The Morgan fingerprint density at radius 3 is 2.62 bits per heavy atom. The van der Waals surface area contributed by atoms with Crippen LogP contribution < -0.4 is 5.32 Å². The second-order valence-electron chi connectivity index (χ2n) is 3.89. The minimum atomic E-state index is -3.66. The maximum absolute atomic E-state index is 12.0. The van der Waals surface area contributed by atoms with Crippen molar-refractivity contribution in [1.29, 1.82) is 0 Å². The molecule has 2 aromatic rings. The van der Waals surface area contributed by atoms with Crippen molar-refractivity contribution in [2.45, 2.75) is 4.21 Å². The Hall–Kier alpha value is -1.71. The standard InChI is InChI=1S/C12H11NO5S3/c1-18-12(15)11-8(4-6-20-11)13-9(14)7-21(16,17)10-3-2-5-19-10/h2-6H,7H2,1H3,(H,13,14). The fraction of sp³-hybridized carbons (Fsp3) is 0.167. The summed E-state index contributed by atoms with van der Waals surface area (Å²) >= 11 is 2.15. The summed E-state index contributed by atoms with van der Waals surface area (Å²) in [4.78, 5) is 23.5. The summed E-state index contributed by atoms with van der Waals surface area (Å²) in [6, 6.07) is 4.56. The van der Waals surface area contributed by atoms with Gasteiger partial charge in [0.05, 0.1) is 12.8 Å². The Morgan fingerprint density at radius 2 is 2.00 bits per heavy atom. The van der Waals surface area contributed by atoms with Gasteiger partial charge in [-0.3, -0.25) is 4.79 Å². The summed E-state index contributed by atoms with van der Waals surface area (Å²) in [7, 11) is -2.43. The molecule has 6 nitrogen and oxygen atoms in total. The van der Waals surface area contributed by atoms with Crippen molar-refractivity contribution in [2.24, 2.45) is 0 Å². The first-order valence-corrected chi connectivity index (χ1v) is 9.07. The van der Waals surface area contributed by atoms with Gasteiger partial charge in [-0.05, 0) is 22.9 Å². The number of esters is 1. The largest absolute Gasteiger partial charge is 0.465 e. The normalized spacial score (nSPS) is 11.1. The highest BCUT2D eigenvalue weighted by molar-refractivity contribution is 7.94. The highest BCUT2D eigenvalue weighted by Crippen LogP contribution is 2.23. The van der Waals surface area contributed by atoms with Gasteiger partial charge in [0.25, 0.3) is 0 Å². The number of ether oxygens (including phenoxy) is 1. The lowest BCUT2D eigenvalue weighted by molar-refractivity contribution is -0.113. The van der Waals surface area contributed by atoms with Crippen molar-refractivity contribution in [1.82, 2.24) is 0 Å². The number of amides is 1. The number of methoxy groups -OCH3 is 1. The Labute approximate surface area is 129 Å². The molecule has 0 aliphatic heterocycles. The van der Waals surface area contributed by atoms with E-state index in [0.717, 1.165) is 22.7 Å². The highest BCUT2D eigenvalue weighted by atomic mass is 32.2. The van der Waals surface area contributed by atoms with Gasteiger partial charge in [-0.25, -0.2) is 13.2 Å². The summed E-state index contributed by atoms with van der Waals surface area (Å²) in [5, 5.41) is 5.65. The summed E-state index contributed by atoms with van der Waals surface area (Å²) in [6.07, 6.45) is 0. The van der Waals surface area contributed by atoms with E-state index >= 15 is 0 Å². The lowest BCUT2D eigenvalue weighted by atomic mass is 10.4. The molecule has 0 aromatic carbocycles. The van der Waals surface area contributed by atoms with E-state index in [9.17, 15) is 18.0 Å². The summed E-state index contributed by atoms with van der Waals surface area (Å²) < 4.78 is 28.7. The first-order chi connectivity index (χ1) is 9.94. The molecular weight excluding hydrogens is 334 g/mol. The third-order valence-corrected chi connectivity index (χ3v) is 6.43. The van der Waals surface area contributed by atoms with Crippen LogP contribution in [0.15, 0.2) is 33.2 Å². The van der Waals surface area contributed by atoms with Crippen molar-refractivity contribution >= 4 is 50.1 Å². The minimum Gasteiger partial charge on any atom is -0.465 e. The molecule has 0 radical (unpaired) electrons. The first kappa shape index (κ1) is 15.7. The van der Waals surface area contributed by atoms with E-state index in [-0.39, 0.29) is 14.8 Å². The van der Waals surface area contributed by atoms with Crippen molar-refractivity contribution in [3.8, 4) is 0 Å². The van der Waals surface area contributed by atoms with Crippen molar-refractivity contribution in [2.75, 3.05) is 18.2 Å². The monoisotopic (exact) mass is 345 g/mol. The van der Waals surface area contributed by atoms with Crippen LogP contribution in [0.2, 0.25) is 0 Å². The van der Waals surface area contributed by atoms with Crippen molar-refractivity contribution in [3.63, 3.8) is 0 Å². The highest BCUT2D eigenvalue weighted by Gasteiger charge is 2.22. The molecule has 2 rings (SSSR count). The van der Waals surface area contributed by atoms with Crippen LogP contribution in [0, 0.1) is 0 Å². The predicted molar refractivity (Wildman–Crippen MR) is 80.7 cm³/mol. The Bertz CT molecular complexity index is 746. The molecule has 112 valence electrons. The molecule has 0 saturated heterocycles. The smallest absolute Gasteiger partial charge is 0.350 e. The van der Waals surface area contributed by atoms with Crippen LogP contribution in [-0.4, -0.2) is 33.2 Å². The summed E-state index contributed by atoms with van der Waals surface area (Å²) in [6.45, 7) is 0. The third-order valence-electron chi connectivity index (χ3n) is 2.43. The van der Waals surface area contributed by atoms with Gasteiger partial charge in [-0.2, -0.15) is 0 Å². The van der Waals surface area contributed by atoms with E-state index in [4.69, 9.17) is 0 Å². The maximum Gasteiger partial charge on any atom is 0.350 e. The lowest BCUT2D eigenvalue weighted by Crippen LogP contribution is -2.23. The zero-order valence-corrected chi connectivity index (χ0v) is 13.3. The third kappa shape index (κ3) is 3.69. The van der Waals surface area contributed by atoms with Gasteiger partial charge in [0, 0.05) is 0 Å². The number of hydrogen-bond acceptors (Lipinski definition) is 7. The van der Waals surface area contributed by atoms with Crippen LogP contribution in [0.5, 0.6) is 0 Å². The van der Waals surface area contributed by atoms with Crippen LogP contribution in [0.3, 0.4) is 0 Å². The number of nitrogens with one attached hydrogen (secondary N) is 1. The number of sulfone groups is 1. The van der Waals surface area contributed by atoms with Gasteiger partial charge in [0.1, 0.15) is 14.8 Å². The molecule has 21 heavy (non-hydrogen) atoms. The molecule has 0 spiro atoms. The van der Waals surface area contributed by atoms with Gasteiger partial charge in [0.15, 0.2) is 9.84 Å². The van der Waals surface area contributed by atoms with Gasteiger partial charge in [0.2, 0.25) is 5.91 Å². The van der Waals surface area contributed by atoms with Gasteiger partial charge < -0.3 is 10.1 Å². The van der Waals surface area contributed by atoms with Crippen molar-refractivity contribution in [3.05, 3.63) is 33.8 Å². The molecule has 0 atom stereocenters. The molecule has 1 N–H and O–H groups in total. The van der Waals surface area contributed by atoms with Crippen LogP contribution in [-0.2, 0) is 19.4 Å². The Kier molecular flexibility index (Phi) is 4.76. The molecule has 1 amide bonds. The fourth-order valence-electron chi connectivity index (χ4n) is 1.53. The van der Waals surface area contributed by atoms with Gasteiger partial charge in [-0.15, -0.1) is 22.7 Å². The van der Waals surface area contributed by atoms with E-state index < -0.39 is 27.5 Å². The molecule has 0 bridgehead atoms. The number of carbonyl (C=O) groups is 2. The zero-order valence-electron chi connectivity index (χ0n) is 10.9. The molecule has 0 aliphatic carbocycles. The quantitative estimate of drug-likeness (QED) is 0.837. The number of anilines is 1. The number of carbonyl (C=O) groups excluding carboxylic acids is 2. The molecule has 9 heteroatoms. The summed E-state index contributed by atoms with van der Waals surface area (Å²) in [5.74, 6) is -1.96. The van der Waals surface area contributed by atoms with E-state index in [2.05, 4.69) is 10.1 Å². The lowest BCUT2D eigenvalue weighted by Gasteiger charge is -2.05. The second-order valence-corrected chi connectivity index (χ2v) is 7.97. The van der Waals surface area contributed by atoms with Crippen LogP contribution in [0.1, 0.15) is 9.67 Å². The molecule has 0 saturated carbocycles. The molecule has 2 heterocycles. The number of rotatable bonds is 5. The first-order valence-electron chi connectivity index (χ1n) is 5.66. The molecule has 2 aromatic heterocycles. The maximum atomic E-state index is 12.0. The molecular formula is C12H11NO5S3. The SMILES string of the molecule is COC(=O)c1sccc1NC(=O)CS(=O)(=O)c1cccs1. The summed E-state index contributed by atoms with van der Waals surface area (Å²) in [5.41, 5.74) is 0.248. The van der Waals surface area contributed by atoms with Crippen LogP contribution in [0.25, 0.3) is 0 Å². The topological polar surface area (TPSA) is 89.5 Å².